The molecule has 0 spiro atoms. The zero-order valence-electron chi connectivity index (χ0n) is 9.89. The lowest BCUT2D eigenvalue weighted by molar-refractivity contribution is -0.142. The number of carboxylic acid groups (broad SMARTS) is 1. The highest BCUT2D eigenvalue weighted by Crippen LogP contribution is 2.22. The van der Waals surface area contributed by atoms with Crippen molar-refractivity contribution in [1.29, 1.82) is 0 Å². The van der Waals surface area contributed by atoms with Gasteiger partial charge in [0.05, 0.1) is 0 Å². The van der Waals surface area contributed by atoms with Crippen LogP contribution >= 0.6 is 11.6 Å². The van der Waals surface area contributed by atoms with Crippen LogP contribution in [-0.4, -0.2) is 23.0 Å². The summed E-state index contributed by atoms with van der Waals surface area (Å²) < 4.78 is 0. The van der Waals surface area contributed by atoms with Gasteiger partial charge in [-0.2, -0.15) is 0 Å². The van der Waals surface area contributed by atoms with Gasteiger partial charge in [0.1, 0.15) is 0 Å². The minimum Gasteiger partial charge on any atom is -0.479 e. The molecule has 1 rings (SSSR count). The molecular formula is C12H15ClN2O3. The molecule has 1 amide bonds. The molecule has 6 heteroatoms. The first-order valence-electron chi connectivity index (χ1n) is 5.44. The molecule has 0 aromatic heterocycles. The number of nitrogens with two attached hydrogens (primary N) is 1. The number of hydrogen-bond donors (Lipinski definition) is 3. The number of nitrogens with one attached hydrogen (secondary N) is 1. The van der Waals surface area contributed by atoms with Gasteiger partial charge < -0.3 is 16.2 Å². The molecule has 0 aliphatic carbocycles. The van der Waals surface area contributed by atoms with E-state index in [1.807, 2.05) is 0 Å². The van der Waals surface area contributed by atoms with Gasteiger partial charge in [0.25, 0.3) is 0 Å². The van der Waals surface area contributed by atoms with Gasteiger partial charge in [-0.15, -0.1) is 0 Å². The molecule has 2 atom stereocenters. The number of benzene rings is 1. The highest BCUT2D eigenvalue weighted by molar-refractivity contribution is 6.31. The Morgan fingerprint density at radius 2 is 2.06 bits per heavy atom. The van der Waals surface area contributed by atoms with Crippen molar-refractivity contribution in [2.75, 3.05) is 0 Å². The van der Waals surface area contributed by atoms with Gasteiger partial charge in [0.2, 0.25) is 5.91 Å². The molecule has 0 aliphatic rings. The average Bonchev–Trinajstić information content (AvgIpc) is 2.25. The summed E-state index contributed by atoms with van der Waals surface area (Å²) in [5.74, 6) is -1.58. The Morgan fingerprint density at radius 1 is 1.44 bits per heavy atom. The van der Waals surface area contributed by atoms with E-state index in [1.165, 1.54) is 0 Å². The fourth-order valence-electron chi connectivity index (χ4n) is 1.49. The van der Waals surface area contributed by atoms with E-state index < -0.39 is 17.9 Å². The topological polar surface area (TPSA) is 92.4 Å². The quantitative estimate of drug-likeness (QED) is 0.752. The molecule has 0 saturated carbocycles. The summed E-state index contributed by atoms with van der Waals surface area (Å²) in [6.07, 6.45) is 0.0637. The lowest BCUT2D eigenvalue weighted by Gasteiger charge is -2.16. The maximum absolute atomic E-state index is 11.6. The van der Waals surface area contributed by atoms with Crippen LogP contribution in [0.2, 0.25) is 5.02 Å². The predicted molar refractivity (Wildman–Crippen MR) is 68.2 cm³/mol. The monoisotopic (exact) mass is 270 g/mol. The Bertz CT molecular complexity index is 449. The molecule has 0 heterocycles. The Kier molecular flexibility index (Phi) is 5.12. The smallest absolute Gasteiger partial charge is 0.330 e. The van der Waals surface area contributed by atoms with Gasteiger partial charge >= 0.3 is 5.97 Å². The third-order valence-electron chi connectivity index (χ3n) is 2.28. The summed E-state index contributed by atoms with van der Waals surface area (Å²) in [6, 6.07) is 5.00. The molecule has 0 bridgehead atoms. The fourth-order valence-corrected chi connectivity index (χ4v) is 1.74. The average molecular weight is 271 g/mol. The zero-order valence-corrected chi connectivity index (χ0v) is 10.6. The van der Waals surface area contributed by atoms with Crippen molar-refractivity contribution < 1.29 is 14.7 Å². The molecule has 98 valence electrons. The molecule has 0 saturated heterocycles. The van der Waals surface area contributed by atoms with E-state index in [2.05, 4.69) is 5.32 Å². The third-order valence-corrected chi connectivity index (χ3v) is 2.62. The molecule has 4 N–H and O–H groups in total. The fraction of sp³-hybridized carbons (Fsp3) is 0.333. The van der Waals surface area contributed by atoms with Gasteiger partial charge in [0, 0.05) is 23.0 Å². The van der Waals surface area contributed by atoms with E-state index in [9.17, 15) is 9.59 Å². The summed E-state index contributed by atoms with van der Waals surface area (Å²) in [4.78, 5) is 22.7. The van der Waals surface area contributed by atoms with Crippen molar-refractivity contribution >= 4 is 23.5 Å². The number of carbonyl (C=O) groups excluding carboxylic acids is 1. The van der Waals surface area contributed by atoms with Crippen molar-refractivity contribution in [3.63, 3.8) is 0 Å². The Balaban J connectivity index is 2.88. The van der Waals surface area contributed by atoms with E-state index in [0.717, 1.165) is 0 Å². The summed E-state index contributed by atoms with van der Waals surface area (Å²) in [6.45, 7) is 1.67. The van der Waals surface area contributed by atoms with E-state index in [0.29, 0.717) is 10.6 Å². The van der Waals surface area contributed by atoms with Gasteiger partial charge in [-0.3, -0.25) is 4.79 Å². The standard InChI is InChI=1S/C12H15ClN2O3/c1-7(14)6-10(16)15-11(12(17)18)8-4-2-3-5-9(8)13/h2-5,7,11H,6,14H2,1H3,(H,15,16)(H,17,18)/t7?,11-/m1/s1. The van der Waals surface area contributed by atoms with Gasteiger partial charge in [-0.25, -0.2) is 4.79 Å². The van der Waals surface area contributed by atoms with Gasteiger partial charge in [0.15, 0.2) is 6.04 Å². The highest BCUT2D eigenvalue weighted by Gasteiger charge is 2.24. The molecular weight excluding hydrogens is 256 g/mol. The Morgan fingerprint density at radius 3 is 2.56 bits per heavy atom. The first-order chi connectivity index (χ1) is 8.41. The maximum Gasteiger partial charge on any atom is 0.330 e. The summed E-state index contributed by atoms with van der Waals surface area (Å²) in [7, 11) is 0. The van der Waals surface area contributed by atoms with Crippen LogP contribution in [0, 0.1) is 0 Å². The van der Waals surface area contributed by atoms with Crippen LogP contribution in [0.25, 0.3) is 0 Å². The largest absolute Gasteiger partial charge is 0.479 e. The molecule has 0 radical (unpaired) electrons. The van der Waals surface area contributed by atoms with Crippen LogP contribution in [0.15, 0.2) is 24.3 Å². The highest BCUT2D eigenvalue weighted by atomic mass is 35.5. The molecule has 1 aromatic carbocycles. The van der Waals surface area contributed by atoms with Crippen LogP contribution < -0.4 is 11.1 Å². The van der Waals surface area contributed by atoms with Gasteiger partial charge in [-0.05, 0) is 13.0 Å². The van der Waals surface area contributed by atoms with E-state index in [-0.39, 0.29) is 12.5 Å². The van der Waals surface area contributed by atoms with Crippen molar-refractivity contribution in [1.82, 2.24) is 5.32 Å². The summed E-state index contributed by atoms with van der Waals surface area (Å²) in [5, 5.41) is 11.8. The maximum atomic E-state index is 11.6. The third kappa shape index (κ3) is 4.01. The Labute approximate surface area is 110 Å². The van der Waals surface area contributed by atoms with Crippen LogP contribution in [0.1, 0.15) is 24.9 Å². The lowest BCUT2D eigenvalue weighted by Crippen LogP contribution is -2.36. The second-order valence-corrected chi connectivity index (χ2v) is 4.45. The van der Waals surface area contributed by atoms with Crippen molar-refractivity contribution in [3.05, 3.63) is 34.9 Å². The van der Waals surface area contributed by atoms with Crippen molar-refractivity contribution in [2.24, 2.45) is 5.73 Å². The Hall–Kier alpha value is -1.59. The van der Waals surface area contributed by atoms with Crippen molar-refractivity contribution in [3.8, 4) is 0 Å². The summed E-state index contributed by atoms with van der Waals surface area (Å²) in [5.41, 5.74) is 5.83. The zero-order chi connectivity index (χ0) is 13.7. The first-order valence-corrected chi connectivity index (χ1v) is 5.81. The minimum atomic E-state index is -1.17. The molecule has 5 nitrogen and oxygen atoms in total. The lowest BCUT2D eigenvalue weighted by atomic mass is 10.1. The SMILES string of the molecule is CC(N)CC(=O)N[C@@H](C(=O)O)c1ccccc1Cl. The number of aliphatic carboxylic acids is 1. The number of hydrogen-bond acceptors (Lipinski definition) is 3. The van der Waals surface area contributed by atoms with Crippen LogP contribution in [0.3, 0.4) is 0 Å². The summed E-state index contributed by atoms with van der Waals surface area (Å²) >= 11 is 5.91. The number of halogens is 1. The minimum absolute atomic E-state index is 0.0637. The predicted octanol–water partition coefficient (Wildman–Crippen LogP) is 1.32. The number of carboxylic acids is 1. The first kappa shape index (κ1) is 14.5. The molecule has 0 aliphatic heterocycles. The van der Waals surface area contributed by atoms with E-state index in [4.69, 9.17) is 22.4 Å². The number of rotatable bonds is 5. The van der Waals surface area contributed by atoms with Crippen LogP contribution in [-0.2, 0) is 9.59 Å². The van der Waals surface area contributed by atoms with Gasteiger partial charge in [-0.1, -0.05) is 29.8 Å². The molecule has 1 aromatic rings. The van der Waals surface area contributed by atoms with Crippen LogP contribution in [0.4, 0.5) is 0 Å². The normalized spacial score (nSPS) is 13.7. The second-order valence-electron chi connectivity index (χ2n) is 4.04. The second kappa shape index (κ2) is 6.37. The van der Waals surface area contributed by atoms with E-state index in [1.54, 1.807) is 31.2 Å². The molecule has 18 heavy (non-hydrogen) atoms. The molecule has 0 fully saturated rings. The molecule has 1 unspecified atom stereocenters. The van der Waals surface area contributed by atoms with Crippen LogP contribution in [0.5, 0.6) is 0 Å². The van der Waals surface area contributed by atoms with Crippen molar-refractivity contribution in [2.45, 2.75) is 25.4 Å². The van der Waals surface area contributed by atoms with E-state index >= 15 is 0 Å². The number of amides is 1. The number of carbonyl (C=O) groups is 2.